The predicted octanol–water partition coefficient (Wildman–Crippen LogP) is 3.10. The summed E-state index contributed by atoms with van der Waals surface area (Å²) in [6.45, 7) is 6.67. The summed E-state index contributed by atoms with van der Waals surface area (Å²) in [6, 6.07) is 4.61. The van der Waals surface area contributed by atoms with Gasteiger partial charge in [0.15, 0.2) is 0 Å². The number of amides is 2. The summed E-state index contributed by atoms with van der Waals surface area (Å²) in [7, 11) is 0.525. The van der Waals surface area contributed by atoms with E-state index in [-0.39, 0.29) is 12.1 Å². The van der Waals surface area contributed by atoms with Crippen molar-refractivity contribution in [2.24, 2.45) is 0 Å². The van der Waals surface area contributed by atoms with Gasteiger partial charge in [-0.2, -0.15) is 0 Å². The Kier molecular flexibility index (Phi) is 3.73. The van der Waals surface area contributed by atoms with Crippen LogP contribution in [0.15, 0.2) is 18.3 Å². The number of hydrogen-bond donors (Lipinski definition) is 0. The fourth-order valence-electron chi connectivity index (χ4n) is 3.26. The van der Waals surface area contributed by atoms with Gasteiger partial charge >= 0.3 is 6.03 Å². The first kappa shape index (κ1) is 15.1. The molecule has 4 nitrogen and oxygen atoms in total. The molecule has 0 spiro atoms. The average molecular weight is 313 g/mol. The number of likely N-dealkylation sites (N-methyl/N-ethyl adjacent to an activating group) is 1. The van der Waals surface area contributed by atoms with Gasteiger partial charge in [0.25, 0.3) is 0 Å². The number of hydrogen-bond acceptors (Lipinski definition) is 2. The van der Waals surface area contributed by atoms with Crippen LogP contribution in [0.4, 0.5) is 10.6 Å². The van der Waals surface area contributed by atoms with E-state index in [1.165, 1.54) is 6.42 Å². The van der Waals surface area contributed by atoms with E-state index in [4.69, 9.17) is 0 Å². The van der Waals surface area contributed by atoms with Gasteiger partial charge in [-0.25, -0.2) is 9.78 Å². The number of fused-ring (bicyclic) bond motifs is 1. The predicted molar refractivity (Wildman–Crippen MR) is 91.5 cm³/mol. The van der Waals surface area contributed by atoms with E-state index in [1.807, 2.05) is 29.0 Å². The van der Waals surface area contributed by atoms with Crippen molar-refractivity contribution in [3.63, 3.8) is 0 Å². The lowest BCUT2D eigenvalue weighted by atomic mass is 10.2. The van der Waals surface area contributed by atoms with Crippen molar-refractivity contribution >= 4 is 19.9 Å². The van der Waals surface area contributed by atoms with E-state index in [2.05, 4.69) is 36.1 Å². The molecule has 0 aromatic carbocycles. The number of anilines is 1. The van der Waals surface area contributed by atoms with Crippen LogP contribution in [0, 0.1) is 11.5 Å². The third kappa shape index (κ3) is 2.75. The van der Waals surface area contributed by atoms with Gasteiger partial charge in [-0.15, -0.1) is 5.54 Å². The first-order chi connectivity index (χ1) is 10.4. The zero-order chi connectivity index (χ0) is 15.9. The van der Waals surface area contributed by atoms with Crippen LogP contribution < -0.4 is 4.90 Å². The van der Waals surface area contributed by atoms with Crippen LogP contribution in [0.2, 0.25) is 19.6 Å². The second-order valence-electron chi connectivity index (χ2n) is 7.23. The van der Waals surface area contributed by atoms with Crippen LogP contribution in [0.3, 0.4) is 0 Å². The van der Waals surface area contributed by atoms with E-state index < -0.39 is 8.07 Å². The zero-order valence-corrected chi connectivity index (χ0v) is 14.8. The Balaban J connectivity index is 1.83. The minimum atomic E-state index is -1.38. The highest BCUT2D eigenvalue weighted by Crippen LogP contribution is 2.36. The van der Waals surface area contributed by atoms with Gasteiger partial charge in [-0.05, 0) is 31.4 Å². The number of urea groups is 1. The standard InChI is InChI=1S/C17H23N3OSi/c1-19-14-6-5-7-15(14)20(17(19)21)16-9-8-13(12-18-16)10-11-22(2,3)4/h8-9,12,14-15H,5-7H2,1-4H3. The Bertz CT molecular complexity index is 639. The number of aromatic nitrogens is 1. The maximum Gasteiger partial charge on any atom is 0.326 e. The Labute approximate surface area is 133 Å². The maximum atomic E-state index is 12.5. The zero-order valence-electron chi connectivity index (χ0n) is 13.8. The smallest absolute Gasteiger partial charge is 0.322 e. The third-order valence-corrected chi connectivity index (χ3v) is 5.23. The molecule has 116 valence electrons. The fourth-order valence-corrected chi connectivity index (χ4v) is 3.78. The number of carbonyl (C=O) groups is 1. The summed E-state index contributed by atoms with van der Waals surface area (Å²) in [5.74, 6) is 3.96. The number of pyridine rings is 1. The third-order valence-electron chi connectivity index (χ3n) is 4.36. The second-order valence-corrected chi connectivity index (χ2v) is 12.0. The van der Waals surface area contributed by atoms with E-state index in [1.54, 1.807) is 6.20 Å². The van der Waals surface area contributed by atoms with E-state index in [9.17, 15) is 4.79 Å². The Morgan fingerprint density at radius 1 is 1.23 bits per heavy atom. The second kappa shape index (κ2) is 5.44. The van der Waals surface area contributed by atoms with Gasteiger partial charge < -0.3 is 4.90 Å². The van der Waals surface area contributed by atoms with Crippen molar-refractivity contribution in [1.29, 1.82) is 0 Å². The first-order valence-electron chi connectivity index (χ1n) is 7.92. The summed E-state index contributed by atoms with van der Waals surface area (Å²) in [6.07, 6.45) is 5.14. The highest BCUT2D eigenvalue weighted by Gasteiger charge is 2.47. The Morgan fingerprint density at radius 2 is 1.95 bits per heavy atom. The fraction of sp³-hybridized carbons (Fsp3) is 0.529. The summed E-state index contributed by atoms with van der Waals surface area (Å²) < 4.78 is 0. The molecule has 3 rings (SSSR count). The van der Waals surface area contributed by atoms with Gasteiger partial charge in [0.05, 0.1) is 12.1 Å². The van der Waals surface area contributed by atoms with Crippen LogP contribution >= 0.6 is 0 Å². The maximum absolute atomic E-state index is 12.5. The van der Waals surface area contributed by atoms with E-state index in [0.29, 0.717) is 6.04 Å². The van der Waals surface area contributed by atoms with Gasteiger partial charge in [0.2, 0.25) is 0 Å². The molecule has 0 N–H and O–H groups in total. The summed E-state index contributed by atoms with van der Waals surface area (Å²) in [5.41, 5.74) is 4.27. The minimum absolute atomic E-state index is 0.0723. The normalized spacial score (nSPS) is 24.3. The minimum Gasteiger partial charge on any atom is -0.322 e. The lowest BCUT2D eigenvalue weighted by molar-refractivity contribution is 0.218. The summed E-state index contributed by atoms with van der Waals surface area (Å²) in [5, 5.41) is 0. The molecule has 2 aliphatic rings. The highest BCUT2D eigenvalue weighted by molar-refractivity contribution is 6.83. The first-order valence-corrected chi connectivity index (χ1v) is 11.4. The molecule has 2 heterocycles. The topological polar surface area (TPSA) is 36.4 Å². The van der Waals surface area contributed by atoms with Gasteiger partial charge in [-0.1, -0.05) is 25.6 Å². The van der Waals surface area contributed by atoms with E-state index in [0.717, 1.165) is 24.2 Å². The quantitative estimate of drug-likeness (QED) is 0.590. The number of nitrogens with zero attached hydrogens (tertiary/aromatic N) is 3. The van der Waals surface area contributed by atoms with Crippen molar-refractivity contribution in [2.45, 2.75) is 51.0 Å². The largest absolute Gasteiger partial charge is 0.326 e. The molecule has 1 saturated carbocycles. The molecule has 1 aromatic rings. The Hall–Kier alpha value is -1.80. The van der Waals surface area contributed by atoms with Crippen molar-refractivity contribution in [2.75, 3.05) is 11.9 Å². The monoisotopic (exact) mass is 313 g/mol. The number of carbonyl (C=O) groups excluding carboxylic acids is 1. The molecule has 2 amide bonds. The van der Waals surface area contributed by atoms with Crippen molar-refractivity contribution in [3.8, 4) is 11.5 Å². The Morgan fingerprint density at radius 3 is 2.59 bits per heavy atom. The summed E-state index contributed by atoms with van der Waals surface area (Å²) >= 11 is 0. The number of rotatable bonds is 1. The van der Waals surface area contributed by atoms with Crippen LogP contribution in [-0.2, 0) is 0 Å². The molecule has 0 bridgehead atoms. The molecule has 2 unspecified atom stereocenters. The molecule has 1 aromatic heterocycles. The molecule has 5 heteroatoms. The van der Waals surface area contributed by atoms with Gasteiger partial charge in [-0.3, -0.25) is 4.90 Å². The SMILES string of the molecule is CN1C(=O)N(c2ccc(C#C[Si](C)(C)C)cn2)C2CCCC21. The molecule has 1 aliphatic carbocycles. The van der Waals surface area contributed by atoms with Crippen molar-refractivity contribution in [3.05, 3.63) is 23.9 Å². The molecule has 0 radical (unpaired) electrons. The average Bonchev–Trinajstić information content (AvgIpc) is 3.01. The molecule has 1 saturated heterocycles. The van der Waals surface area contributed by atoms with Crippen LogP contribution in [-0.4, -0.2) is 43.1 Å². The van der Waals surface area contributed by atoms with Gasteiger partial charge in [0.1, 0.15) is 13.9 Å². The van der Waals surface area contributed by atoms with Crippen LogP contribution in [0.5, 0.6) is 0 Å². The van der Waals surface area contributed by atoms with Crippen LogP contribution in [0.1, 0.15) is 24.8 Å². The molecule has 2 atom stereocenters. The molecular formula is C17H23N3OSi. The molecule has 22 heavy (non-hydrogen) atoms. The van der Waals surface area contributed by atoms with Crippen molar-refractivity contribution in [1.82, 2.24) is 9.88 Å². The molecule has 2 fully saturated rings. The lowest BCUT2D eigenvalue weighted by Crippen LogP contribution is -2.34. The summed E-state index contributed by atoms with van der Waals surface area (Å²) in [4.78, 5) is 20.7. The van der Waals surface area contributed by atoms with Crippen LogP contribution in [0.25, 0.3) is 0 Å². The van der Waals surface area contributed by atoms with Crippen molar-refractivity contribution < 1.29 is 4.79 Å². The van der Waals surface area contributed by atoms with Gasteiger partial charge in [0, 0.05) is 18.8 Å². The molecule has 1 aliphatic heterocycles. The lowest BCUT2D eigenvalue weighted by Gasteiger charge is -2.20. The van der Waals surface area contributed by atoms with E-state index >= 15 is 0 Å². The molecular weight excluding hydrogens is 290 g/mol. The highest BCUT2D eigenvalue weighted by atomic mass is 28.3.